The van der Waals surface area contributed by atoms with Crippen molar-refractivity contribution < 1.29 is 0 Å². The molecule has 0 spiro atoms. The lowest BCUT2D eigenvalue weighted by atomic mass is 10.2. The zero-order chi connectivity index (χ0) is 12.0. The smallest absolute Gasteiger partial charge is 0.0537 e. The van der Waals surface area contributed by atoms with Crippen molar-refractivity contribution in [3.63, 3.8) is 0 Å². The third kappa shape index (κ3) is 3.61. The van der Waals surface area contributed by atoms with Crippen LogP contribution in [-0.2, 0) is 13.6 Å². The SMILES string of the molecule is CCN(CC)CCNCc1cnn(C)c1C. The Morgan fingerprint density at radius 3 is 2.56 bits per heavy atom. The lowest BCUT2D eigenvalue weighted by Gasteiger charge is -2.17. The molecule has 1 N–H and O–H groups in total. The predicted molar refractivity (Wildman–Crippen MR) is 67.4 cm³/mol. The first-order valence-corrected chi connectivity index (χ1v) is 6.09. The number of nitrogens with zero attached hydrogens (tertiary/aromatic N) is 3. The second-order valence-corrected chi connectivity index (χ2v) is 4.08. The molecule has 0 amide bonds. The number of hydrogen-bond acceptors (Lipinski definition) is 3. The zero-order valence-corrected chi connectivity index (χ0v) is 11.0. The van der Waals surface area contributed by atoms with E-state index in [0.29, 0.717) is 0 Å². The second-order valence-electron chi connectivity index (χ2n) is 4.08. The largest absolute Gasteiger partial charge is 0.311 e. The van der Waals surface area contributed by atoms with Crippen LogP contribution < -0.4 is 5.32 Å². The summed E-state index contributed by atoms with van der Waals surface area (Å²) < 4.78 is 1.92. The molecule has 4 nitrogen and oxygen atoms in total. The molecule has 0 aliphatic carbocycles. The second kappa shape index (κ2) is 6.66. The monoisotopic (exact) mass is 224 g/mol. The van der Waals surface area contributed by atoms with Crippen LogP contribution in [-0.4, -0.2) is 40.9 Å². The Balaban J connectivity index is 2.23. The predicted octanol–water partition coefficient (Wildman–Crippen LogP) is 1.16. The van der Waals surface area contributed by atoms with Gasteiger partial charge in [0.15, 0.2) is 0 Å². The van der Waals surface area contributed by atoms with Crippen LogP contribution in [0.1, 0.15) is 25.1 Å². The first-order chi connectivity index (χ1) is 7.69. The van der Waals surface area contributed by atoms with E-state index in [1.807, 2.05) is 17.9 Å². The summed E-state index contributed by atoms with van der Waals surface area (Å²) in [5.74, 6) is 0. The molecule has 0 radical (unpaired) electrons. The Morgan fingerprint density at radius 2 is 2.06 bits per heavy atom. The van der Waals surface area contributed by atoms with Crippen LogP contribution >= 0.6 is 0 Å². The van der Waals surface area contributed by atoms with Gasteiger partial charge in [-0.3, -0.25) is 4.68 Å². The minimum Gasteiger partial charge on any atom is -0.311 e. The summed E-state index contributed by atoms with van der Waals surface area (Å²) in [6, 6.07) is 0. The zero-order valence-electron chi connectivity index (χ0n) is 11.0. The highest BCUT2D eigenvalue weighted by molar-refractivity contribution is 5.15. The topological polar surface area (TPSA) is 33.1 Å². The molecular weight excluding hydrogens is 200 g/mol. The molecule has 16 heavy (non-hydrogen) atoms. The minimum absolute atomic E-state index is 0.918. The highest BCUT2D eigenvalue weighted by atomic mass is 15.3. The van der Waals surface area contributed by atoms with Crippen LogP contribution in [0.5, 0.6) is 0 Å². The molecule has 0 aliphatic rings. The number of nitrogens with one attached hydrogen (secondary N) is 1. The van der Waals surface area contributed by atoms with Gasteiger partial charge in [0.05, 0.1) is 6.20 Å². The molecule has 1 aromatic rings. The number of aryl methyl sites for hydroxylation is 1. The van der Waals surface area contributed by atoms with E-state index in [4.69, 9.17) is 0 Å². The van der Waals surface area contributed by atoms with Crippen LogP contribution in [0, 0.1) is 6.92 Å². The maximum Gasteiger partial charge on any atom is 0.0537 e. The Kier molecular flexibility index (Phi) is 5.49. The van der Waals surface area contributed by atoms with Crippen molar-refractivity contribution in [3.8, 4) is 0 Å². The van der Waals surface area contributed by atoms with E-state index in [-0.39, 0.29) is 0 Å². The van der Waals surface area contributed by atoms with Gasteiger partial charge in [-0.1, -0.05) is 13.8 Å². The fourth-order valence-electron chi connectivity index (χ4n) is 1.72. The molecular formula is C12H24N4. The van der Waals surface area contributed by atoms with Crippen LogP contribution in [0.3, 0.4) is 0 Å². The highest BCUT2D eigenvalue weighted by Crippen LogP contribution is 2.04. The molecule has 1 heterocycles. The summed E-state index contributed by atoms with van der Waals surface area (Å²) in [5, 5.41) is 7.69. The number of rotatable bonds is 7. The maximum atomic E-state index is 4.23. The van der Waals surface area contributed by atoms with Crippen molar-refractivity contribution in [1.82, 2.24) is 20.0 Å². The number of aromatic nitrogens is 2. The Morgan fingerprint density at radius 1 is 1.38 bits per heavy atom. The summed E-state index contributed by atoms with van der Waals surface area (Å²) in [7, 11) is 1.98. The summed E-state index contributed by atoms with van der Waals surface area (Å²) in [4.78, 5) is 2.42. The van der Waals surface area contributed by atoms with Gasteiger partial charge in [0, 0.05) is 37.9 Å². The van der Waals surface area contributed by atoms with Gasteiger partial charge < -0.3 is 10.2 Å². The molecule has 0 fully saturated rings. The molecule has 4 heteroatoms. The molecule has 0 bridgehead atoms. The lowest BCUT2D eigenvalue weighted by molar-refractivity contribution is 0.302. The molecule has 1 aromatic heterocycles. The minimum atomic E-state index is 0.918. The third-order valence-electron chi connectivity index (χ3n) is 3.15. The first kappa shape index (κ1) is 13.2. The van der Waals surface area contributed by atoms with E-state index < -0.39 is 0 Å². The average molecular weight is 224 g/mol. The molecule has 92 valence electrons. The summed E-state index contributed by atoms with van der Waals surface area (Å²) in [6.45, 7) is 11.8. The molecule has 0 atom stereocenters. The van der Waals surface area contributed by atoms with Crippen molar-refractivity contribution in [2.24, 2.45) is 7.05 Å². The van der Waals surface area contributed by atoms with Crippen molar-refractivity contribution in [1.29, 1.82) is 0 Å². The quantitative estimate of drug-likeness (QED) is 0.706. The van der Waals surface area contributed by atoms with Gasteiger partial charge in [-0.2, -0.15) is 5.10 Å². The number of hydrogen-bond donors (Lipinski definition) is 1. The third-order valence-corrected chi connectivity index (χ3v) is 3.15. The summed E-state index contributed by atoms with van der Waals surface area (Å²) in [6.07, 6.45) is 1.94. The standard InChI is InChI=1S/C12H24N4/c1-5-16(6-2)8-7-13-9-12-10-14-15(4)11(12)3/h10,13H,5-9H2,1-4H3. The van der Waals surface area contributed by atoms with Crippen molar-refractivity contribution >= 4 is 0 Å². The lowest BCUT2D eigenvalue weighted by Crippen LogP contribution is -2.31. The van der Waals surface area contributed by atoms with E-state index in [0.717, 1.165) is 32.7 Å². The highest BCUT2D eigenvalue weighted by Gasteiger charge is 2.03. The van der Waals surface area contributed by atoms with Gasteiger partial charge >= 0.3 is 0 Å². The molecule has 0 saturated carbocycles. The van der Waals surface area contributed by atoms with Crippen molar-refractivity contribution in [2.45, 2.75) is 27.3 Å². The fraction of sp³-hybridized carbons (Fsp3) is 0.750. The normalized spacial score (nSPS) is 11.3. The van der Waals surface area contributed by atoms with Gasteiger partial charge in [0.1, 0.15) is 0 Å². The van der Waals surface area contributed by atoms with E-state index in [1.54, 1.807) is 0 Å². The average Bonchev–Trinajstić information content (AvgIpc) is 2.61. The van der Waals surface area contributed by atoms with Gasteiger partial charge in [-0.25, -0.2) is 0 Å². The van der Waals surface area contributed by atoms with Gasteiger partial charge in [0.25, 0.3) is 0 Å². The van der Waals surface area contributed by atoms with Crippen molar-refractivity contribution in [3.05, 3.63) is 17.5 Å². The molecule has 0 saturated heterocycles. The van der Waals surface area contributed by atoms with Gasteiger partial charge in [0.2, 0.25) is 0 Å². The van der Waals surface area contributed by atoms with Crippen LogP contribution in [0.2, 0.25) is 0 Å². The summed E-state index contributed by atoms with van der Waals surface area (Å²) in [5.41, 5.74) is 2.54. The number of likely N-dealkylation sites (N-methyl/N-ethyl adjacent to an activating group) is 1. The van der Waals surface area contributed by atoms with Crippen LogP contribution in [0.25, 0.3) is 0 Å². The molecule has 0 aliphatic heterocycles. The Hall–Kier alpha value is -0.870. The molecule has 0 aromatic carbocycles. The van der Waals surface area contributed by atoms with E-state index in [9.17, 15) is 0 Å². The molecule has 0 unspecified atom stereocenters. The Labute approximate surface area is 98.6 Å². The van der Waals surface area contributed by atoms with Crippen LogP contribution in [0.15, 0.2) is 6.20 Å². The van der Waals surface area contributed by atoms with E-state index in [1.165, 1.54) is 11.3 Å². The Bertz CT molecular complexity index is 302. The van der Waals surface area contributed by atoms with Crippen molar-refractivity contribution in [2.75, 3.05) is 26.2 Å². The fourth-order valence-corrected chi connectivity index (χ4v) is 1.72. The summed E-state index contributed by atoms with van der Waals surface area (Å²) >= 11 is 0. The van der Waals surface area contributed by atoms with Gasteiger partial charge in [-0.15, -0.1) is 0 Å². The van der Waals surface area contributed by atoms with Gasteiger partial charge in [-0.05, 0) is 20.0 Å². The van der Waals surface area contributed by atoms with E-state index >= 15 is 0 Å². The van der Waals surface area contributed by atoms with E-state index in [2.05, 4.69) is 36.1 Å². The first-order valence-electron chi connectivity index (χ1n) is 6.09. The maximum absolute atomic E-state index is 4.23. The van der Waals surface area contributed by atoms with Crippen LogP contribution in [0.4, 0.5) is 0 Å². The molecule has 1 rings (SSSR count).